The van der Waals surface area contributed by atoms with Gasteiger partial charge in [-0.1, -0.05) is 29.8 Å². The predicted octanol–water partition coefficient (Wildman–Crippen LogP) is 4.69. The van der Waals surface area contributed by atoms with Gasteiger partial charge in [0.25, 0.3) is 0 Å². The Kier molecular flexibility index (Phi) is 3.00. The molecule has 0 atom stereocenters. The van der Waals surface area contributed by atoms with E-state index in [0.717, 1.165) is 52.4 Å². The molecular formula is C19H15ClN4. The number of halogens is 1. The molecule has 0 amide bonds. The number of nitrogens with zero attached hydrogens (tertiary/aromatic N) is 3. The molecule has 5 heteroatoms. The second-order valence-electron chi connectivity index (χ2n) is 6.16. The Morgan fingerprint density at radius 1 is 1.08 bits per heavy atom. The lowest BCUT2D eigenvalue weighted by Crippen LogP contribution is -1.96. The Balaban J connectivity index is 1.77. The monoisotopic (exact) mass is 334 g/mol. The van der Waals surface area contributed by atoms with Gasteiger partial charge in [-0.15, -0.1) is 0 Å². The number of benzene rings is 2. The number of aryl methyl sites for hydroxylation is 1. The summed E-state index contributed by atoms with van der Waals surface area (Å²) in [4.78, 5) is 4.93. The first-order valence-electron chi connectivity index (χ1n) is 8.08. The third kappa shape index (κ3) is 2.07. The average Bonchev–Trinajstić information content (AvgIpc) is 3.29. The van der Waals surface area contributed by atoms with Crippen molar-refractivity contribution < 1.29 is 0 Å². The van der Waals surface area contributed by atoms with Crippen molar-refractivity contribution in [3.05, 3.63) is 59.5 Å². The number of hydrogen-bond donors (Lipinski definition) is 1. The van der Waals surface area contributed by atoms with Crippen LogP contribution >= 0.6 is 11.6 Å². The summed E-state index contributed by atoms with van der Waals surface area (Å²) in [6, 6.07) is 14.3. The summed E-state index contributed by atoms with van der Waals surface area (Å²) in [7, 11) is 0. The topological polar surface area (TPSA) is 46.5 Å². The smallest absolute Gasteiger partial charge is 0.109 e. The van der Waals surface area contributed by atoms with Crippen molar-refractivity contribution in [2.24, 2.45) is 0 Å². The molecular weight excluding hydrogens is 320 g/mol. The van der Waals surface area contributed by atoms with Gasteiger partial charge in [-0.05, 0) is 30.7 Å². The lowest BCUT2D eigenvalue weighted by atomic mass is 10.0. The Morgan fingerprint density at radius 2 is 2.04 bits per heavy atom. The van der Waals surface area contributed by atoms with E-state index in [9.17, 15) is 0 Å². The Morgan fingerprint density at radius 3 is 2.96 bits per heavy atom. The zero-order valence-corrected chi connectivity index (χ0v) is 13.7. The highest BCUT2D eigenvalue weighted by atomic mass is 35.5. The molecule has 2 aromatic heterocycles. The summed E-state index contributed by atoms with van der Waals surface area (Å²) >= 11 is 6.20. The van der Waals surface area contributed by atoms with Gasteiger partial charge in [0, 0.05) is 34.5 Å². The van der Waals surface area contributed by atoms with Crippen molar-refractivity contribution in [1.29, 1.82) is 0 Å². The first kappa shape index (κ1) is 13.8. The fourth-order valence-corrected chi connectivity index (χ4v) is 3.74. The van der Waals surface area contributed by atoms with Crippen LogP contribution in [-0.2, 0) is 13.0 Å². The third-order valence-corrected chi connectivity index (χ3v) is 4.88. The summed E-state index contributed by atoms with van der Waals surface area (Å²) in [5.74, 6) is 1.16. The van der Waals surface area contributed by atoms with Gasteiger partial charge in [-0.25, -0.2) is 4.98 Å². The van der Waals surface area contributed by atoms with Crippen molar-refractivity contribution >= 4 is 22.5 Å². The second kappa shape index (κ2) is 5.21. The molecule has 0 radical (unpaired) electrons. The average molecular weight is 335 g/mol. The van der Waals surface area contributed by atoms with Crippen LogP contribution in [0.15, 0.2) is 48.7 Å². The molecule has 2 aromatic carbocycles. The van der Waals surface area contributed by atoms with E-state index in [0.29, 0.717) is 0 Å². The maximum Gasteiger partial charge on any atom is 0.109 e. The number of imidazole rings is 1. The maximum atomic E-state index is 6.20. The molecule has 1 aliphatic heterocycles. The summed E-state index contributed by atoms with van der Waals surface area (Å²) in [5.41, 5.74) is 5.46. The first-order valence-corrected chi connectivity index (χ1v) is 8.46. The van der Waals surface area contributed by atoms with Crippen LogP contribution in [0.4, 0.5) is 0 Å². The minimum absolute atomic E-state index is 0.733. The zero-order valence-electron chi connectivity index (χ0n) is 13.0. The number of aromatic amines is 1. The van der Waals surface area contributed by atoms with Gasteiger partial charge in [0.2, 0.25) is 0 Å². The predicted molar refractivity (Wildman–Crippen MR) is 96.1 cm³/mol. The van der Waals surface area contributed by atoms with E-state index in [-0.39, 0.29) is 0 Å². The zero-order chi connectivity index (χ0) is 16.1. The lowest BCUT2D eigenvalue weighted by molar-refractivity contribution is 0.756. The molecule has 0 aliphatic carbocycles. The van der Waals surface area contributed by atoms with Crippen LogP contribution < -0.4 is 0 Å². The van der Waals surface area contributed by atoms with Gasteiger partial charge in [0.15, 0.2) is 0 Å². The molecule has 0 spiro atoms. The fraction of sp³-hybridized carbons (Fsp3) is 0.158. The quantitative estimate of drug-likeness (QED) is 0.578. The third-order valence-electron chi connectivity index (χ3n) is 4.64. The van der Waals surface area contributed by atoms with Gasteiger partial charge < -0.3 is 4.57 Å². The van der Waals surface area contributed by atoms with E-state index in [4.69, 9.17) is 16.6 Å². The summed E-state index contributed by atoms with van der Waals surface area (Å²) in [6.07, 6.45) is 4.04. The molecule has 1 aliphatic rings. The minimum Gasteiger partial charge on any atom is -0.327 e. The maximum absolute atomic E-state index is 6.20. The van der Waals surface area contributed by atoms with E-state index in [1.165, 1.54) is 11.3 Å². The van der Waals surface area contributed by atoms with Crippen LogP contribution in [0.3, 0.4) is 0 Å². The van der Waals surface area contributed by atoms with E-state index in [1.54, 1.807) is 0 Å². The number of hydrogen-bond acceptors (Lipinski definition) is 2. The number of fused-ring (bicyclic) bond motifs is 2. The Labute approximate surface area is 144 Å². The number of aromatic nitrogens is 4. The molecule has 118 valence electrons. The Hall–Kier alpha value is -2.59. The first-order chi connectivity index (χ1) is 11.8. The SMILES string of the molecule is Clc1cccc(-c2nc3n(c2-c2ccc4[nH]ncc4c2)CCC3)c1. The molecule has 0 unspecified atom stereocenters. The molecule has 24 heavy (non-hydrogen) atoms. The van der Waals surface area contributed by atoms with Gasteiger partial charge >= 0.3 is 0 Å². The van der Waals surface area contributed by atoms with Crippen LogP contribution in [0.2, 0.25) is 5.02 Å². The molecule has 3 heterocycles. The van der Waals surface area contributed by atoms with Crippen molar-refractivity contribution in [1.82, 2.24) is 19.7 Å². The normalized spacial score (nSPS) is 13.5. The largest absolute Gasteiger partial charge is 0.327 e. The van der Waals surface area contributed by atoms with Crippen LogP contribution in [-0.4, -0.2) is 19.7 Å². The molecule has 1 N–H and O–H groups in total. The van der Waals surface area contributed by atoms with Crippen LogP contribution in [0, 0.1) is 0 Å². The molecule has 4 nitrogen and oxygen atoms in total. The number of nitrogens with one attached hydrogen (secondary N) is 1. The number of rotatable bonds is 2. The van der Waals surface area contributed by atoms with Crippen molar-refractivity contribution in [3.8, 4) is 22.5 Å². The molecule has 0 fully saturated rings. The van der Waals surface area contributed by atoms with Crippen LogP contribution in [0.5, 0.6) is 0 Å². The van der Waals surface area contributed by atoms with Gasteiger partial charge in [-0.2, -0.15) is 5.10 Å². The second-order valence-corrected chi connectivity index (χ2v) is 6.60. The molecule has 0 bridgehead atoms. The lowest BCUT2D eigenvalue weighted by Gasteiger charge is -2.09. The van der Waals surface area contributed by atoms with E-state index in [2.05, 4.69) is 39.0 Å². The van der Waals surface area contributed by atoms with Gasteiger partial charge in [-0.3, -0.25) is 5.10 Å². The summed E-state index contributed by atoms with van der Waals surface area (Å²) in [6.45, 7) is 1.02. The van der Waals surface area contributed by atoms with E-state index in [1.807, 2.05) is 24.4 Å². The van der Waals surface area contributed by atoms with Gasteiger partial charge in [0.05, 0.1) is 23.1 Å². The molecule has 0 saturated heterocycles. The highest BCUT2D eigenvalue weighted by molar-refractivity contribution is 6.30. The van der Waals surface area contributed by atoms with E-state index < -0.39 is 0 Å². The minimum atomic E-state index is 0.733. The van der Waals surface area contributed by atoms with Crippen LogP contribution in [0.25, 0.3) is 33.4 Å². The fourth-order valence-electron chi connectivity index (χ4n) is 3.55. The molecule has 4 aromatic rings. The Bertz CT molecular complexity index is 1060. The highest BCUT2D eigenvalue weighted by Crippen LogP contribution is 2.37. The van der Waals surface area contributed by atoms with Crippen molar-refractivity contribution in [2.45, 2.75) is 19.4 Å². The summed E-state index contributed by atoms with van der Waals surface area (Å²) < 4.78 is 2.34. The molecule has 0 saturated carbocycles. The van der Waals surface area contributed by atoms with Crippen molar-refractivity contribution in [2.75, 3.05) is 0 Å². The summed E-state index contributed by atoms with van der Waals surface area (Å²) in [5, 5.41) is 8.97. The van der Waals surface area contributed by atoms with Crippen LogP contribution in [0.1, 0.15) is 12.2 Å². The standard InChI is InChI=1S/C19H15ClN4/c20-15-4-1-3-12(10-15)18-19(24-8-2-5-17(24)22-18)13-6-7-16-14(9-13)11-21-23-16/h1,3-4,6-7,9-11H,2,5,8H2,(H,21,23). The van der Waals surface area contributed by atoms with Gasteiger partial charge in [0.1, 0.15) is 5.82 Å². The van der Waals surface area contributed by atoms with Crippen molar-refractivity contribution in [3.63, 3.8) is 0 Å². The molecule has 5 rings (SSSR count). The highest BCUT2D eigenvalue weighted by Gasteiger charge is 2.23. The van der Waals surface area contributed by atoms with E-state index >= 15 is 0 Å². The number of H-pyrrole nitrogens is 1.